The molecule has 616 valence electrons. The Morgan fingerprint density at radius 1 is 0.402 bits per heavy atom. The van der Waals surface area contributed by atoms with E-state index in [1.807, 2.05) is 0 Å². The Labute approximate surface area is 673 Å². The summed E-state index contributed by atoms with van der Waals surface area (Å²) in [4.78, 5) is 36.8. The van der Waals surface area contributed by atoms with E-state index in [2.05, 4.69) is 0 Å². The Morgan fingerprint density at radius 2 is 0.692 bits per heavy atom. The first-order chi connectivity index (χ1) is 55.5. The van der Waals surface area contributed by atoms with Gasteiger partial charge in [0.25, 0.3) is 0 Å². The molecule has 6 aliphatic rings. The fourth-order valence-electron chi connectivity index (χ4n) is 14.8. The highest BCUT2D eigenvalue weighted by Crippen LogP contribution is 2.56. The van der Waals surface area contributed by atoms with E-state index in [1.54, 1.807) is 84.9 Å². The molecule has 2 saturated heterocycles. The van der Waals surface area contributed by atoms with E-state index in [-0.39, 0.29) is 62.7 Å². The van der Waals surface area contributed by atoms with Crippen LogP contribution in [-0.4, -0.2) is 105 Å². The lowest BCUT2D eigenvalue weighted by molar-refractivity contribution is -0.268. The van der Waals surface area contributed by atoms with Crippen molar-refractivity contribution in [1.29, 1.82) is 0 Å². The zero-order chi connectivity index (χ0) is 84.5. The van der Waals surface area contributed by atoms with Gasteiger partial charge in [-0.2, -0.15) is 0 Å². The van der Waals surface area contributed by atoms with Crippen molar-refractivity contribution in [3.05, 3.63) is 293 Å². The molecule has 0 amide bonds. The summed E-state index contributed by atoms with van der Waals surface area (Å²) in [7, 11) is -10.7. The van der Waals surface area contributed by atoms with E-state index in [1.165, 1.54) is 118 Å². The standard InChI is InChI=1S/C20H15F4S.C19H13F4OS.C18H11F4S.2C10H14O6S.C7H6O3/c1-12-17(21)8-15(9-18(12)22)25(14-6-4-3-5-7-14)16-10-19(23)13(2)20(24)11-16;1-24-16-2-4-17(5-3-16)25(18-8-12(20)6-13(21)9-18)19-10-14(22)7-15(23)11-19;19-12-6-13(20)9-17(8-12)23(16-4-2-1-3-5-16)18-10-14(21)7-15(22)11-18;2*11-8(4-17(12,13)14)16-9-5-1-6-3-15-10(9)7(6)2-5;8-6-4-2-1-3-5(6)7(9)10/h3-11H,1-2H3;2-11H,1H3;1-11H;2*5-7,9-10H,1-4H2,(H,12,13,14);1-4,8H,(H,9,10)/q3*+1;;;/p-3. The summed E-state index contributed by atoms with van der Waals surface area (Å²) in [5, 5.41) is 19.0. The predicted octanol–water partition coefficient (Wildman–Crippen LogP) is 16.1. The number of hydrogen-bond acceptors (Lipinski definition) is 15. The van der Waals surface area contributed by atoms with Crippen LogP contribution in [0.1, 0.15) is 47.2 Å². The van der Waals surface area contributed by atoms with Gasteiger partial charge < -0.3 is 43.0 Å². The van der Waals surface area contributed by atoms with Crippen LogP contribution in [0.3, 0.4) is 0 Å². The number of halogens is 12. The molecule has 10 aromatic carbocycles. The zero-order valence-corrected chi connectivity index (χ0v) is 65.8. The number of carboxylic acids is 1. The van der Waals surface area contributed by atoms with Crippen LogP contribution >= 0.6 is 0 Å². The fraction of sp³-hybridized carbons (Fsp3) is 0.250. The maximum Gasteiger partial charge on any atom is 0.335 e. The Balaban J connectivity index is 0.000000140. The molecule has 0 radical (unpaired) electrons. The third-order valence-corrected chi connectivity index (χ3v) is 27.4. The van der Waals surface area contributed by atoms with Crippen LogP contribution in [0, 0.1) is 119 Å². The number of carboxylic acid groups (broad SMARTS) is 1. The summed E-state index contributed by atoms with van der Waals surface area (Å²) < 4.78 is 255. The molecule has 10 atom stereocenters. The molecule has 10 aromatic rings. The van der Waals surface area contributed by atoms with Crippen molar-refractivity contribution in [3.63, 3.8) is 0 Å². The van der Waals surface area contributed by atoms with E-state index < -0.39 is 158 Å². The maximum atomic E-state index is 14.1. The van der Waals surface area contributed by atoms with Gasteiger partial charge in [-0.15, -0.1) is 0 Å². The maximum absolute atomic E-state index is 14.1. The number of aromatic carboxylic acids is 1. The number of fused-ring (bicyclic) bond motifs is 2. The van der Waals surface area contributed by atoms with Crippen molar-refractivity contribution in [2.75, 3.05) is 31.8 Å². The Morgan fingerprint density at radius 3 is 0.974 bits per heavy atom. The van der Waals surface area contributed by atoms with Gasteiger partial charge >= 0.3 is 17.9 Å². The number of rotatable bonds is 17. The molecular formula is C84H70F12O16S5. The van der Waals surface area contributed by atoms with Crippen LogP contribution in [0.4, 0.5) is 52.7 Å². The quantitative estimate of drug-likeness (QED) is 0.0385. The van der Waals surface area contributed by atoms with Gasteiger partial charge in [0.1, 0.15) is 120 Å². The Kier molecular flexibility index (Phi) is 28.8. The number of ether oxygens (including phenoxy) is 5. The zero-order valence-electron chi connectivity index (χ0n) is 61.7. The number of carbonyl (C=O) groups excluding carboxylic acids is 2. The first kappa shape index (κ1) is 88.0. The average Bonchev–Trinajstić information content (AvgIpc) is 1.59. The number of para-hydroxylation sites is 1. The molecule has 4 saturated carbocycles. The number of methoxy groups -OCH3 is 1. The molecule has 10 unspecified atom stereocenters. The summed E-state index contributed by atoms with van der Waals surface area (Å²) in [5.74, 6) is -11.2. The van der Waals surface area contributed by atoms with Crippen molar-refractivity contribution in [2.24, 2.45) is 35.5 Å². The fourth-order valence-corrected chi connectivity index (χ4v) is 22.0. The lowest BCUT2D eigenvalue weighted by atomic mass is 9.88. The van der Waals surface area contributed by atoms with Gasteiger partial charge in [-0.1, -0.05) is 60.3 Å². The van der Waals surface area contributed by atoms with Gasteiger partial charge in [-0.05, 0) is 130 Å². The minimum Gasteiger partial charge on any atom is -0.872 e. The third-order valence-electron chi connectivity index (χ3n) is 19.8. The van der Waals surface area contributed by atoms with Crippen LogP contribution in [0.25, 0.3) is 0 Å². The minimum absolute atomic E-state index is 0.0818. The molecule has 1 N–H and O–H groups in total. The molecule has 16 rings (SSSR count). The van der Waals surface area contributed by atoms with Crippen LogP contribution in [-0.2, 0) is 81.5 Å². The molecule has 4 aliphatic carbocycles. The highest BCUT2D eigenvalue weighted by Gasteiger charge is 2.60. The van der Waals surface area contributed by atoms with E-state index in [0.717, 1.165) is 49.9 Å². The Bertz CT molecular complexity index is 5120. The van der Waals surface area contributed by atoms with E-state index >= 15 is 0 Å². The molecule has 117 heavy (non-hydrogen) atoms. The van der Waals surface area contributed by atoms with E-state index in [0.29, 0.717) is 76.9 Å². The second-order valence-electron chi connectivity index (χ2n) is 27.7. The number of carbonyl (C=O) groups is 3. The van der Waals surface area contributed by atoms with Crippen molar-refractivity contribution < 1.29 is 127 Å². The lowest BCUT2D eigenvalue weighted by Crippen LogP contribution is -2.37. The molecule has 6 fully saturated rings. The van der Waals surface area contributed by atoms with Crippen LogP contribution < -0.4 is 9.84 Å². The van der Waals surface area contributed by atoms with Crippen LogP contribution in [0.5, 0.6) is 11.5 Å². The Hall–Kier alpha value is -9.84. The molecule has 0 spiro atoms. The van der Waals surface area contributed by atoms with E-state index in [4.69, 9.17) is 28.8 Å². The van der Waals surface area contributed by atoms with Gasteiger partial charge in [-0.3, -0.25) is 9.59 Å². The molecule has 2 heterocycles. The van der Waals surface area contributed by atoms with Crippen LogP contribution in [0.15, 0.2) is 250 Å². The number of esters is 2. The topological polar surface area (TPSA) is 255 Å². The summed E-state index contributed by atoms with van der Waals surface area (Å²) in [6.45, 7) is 4.11. The second-order valence-corrected chi connectivity index (χ2v) is 36.6. The normalized spacial score (nSPS) is 20.2. The van der Waals surface area contributed by atoms with Gasteiger partial charge in [-0.25, -0.2) is 74.3 Å². The summed E-state index contributed by atoms with van der Waals surface area (Å²) >= 11 is 0. The van der Waals surface area contributed by atoms with Gasteiger partial charge in [0.2, 0.25) is 0 Å². The first-order valence-electron chi connectivity index (χ1n) is 35.7. The first-order valence-corrected chi connectivity index (χ1v) is 42.5. The van der Waals surface area contributed by atoms with Crippen molar-refractivity contribution in [3.8, 4) is 11.5 Å². The minimum atomic E-state index is -4.56. The highest BCUT2D eigenvalue weighted by molar-refractivity contribution is 7.97. The monoisotopic (exact) mass is 1720 g/mol. The average molecular weight is 1720 g/mol. The second kappa shape index (κ2) is 38.3. The van der Waals surface area contributed by atoms with Crippen molar-refractivity contribution >= 4 is 70.8 Å². The largest absolute Gasteiger partial charge is 0.872 e. The smallest absolute Gasteiger partial charge is 0.335 e. The lowest BCUT2D eigenvalue weighted by Gasteiger charge is -2.26. The van der Waals surface area contributed by atoms with Crippen LogP contribution in [0.2, 0.25) is 0 Å². The summed E-state index contributed by atoms with van der Waals surface area (Å²) in [6.07, 6.45) is 3.04. The molecule has 2 aliphatic heterocycles. The third kappa shape index (κ3) is 22.7. The molecular weight excluding hydrogens is 1650 g/mol. The van der Waals surface area contributed by atoms with Crippen molar-refractivity contribution in [2.45, 2.75) is 108 Å². The molecule has 4 bridgehead atoms. The van der Waals surface area contributed by atoms with Gasteiger partial charge in [0.05, 0.1) is 70.8 Å². The number of hydrogen-bond donors (Lipinski definition) is 1. The van der Waals surface area contributed by atoms with E-state index in [9.17, 15) is 98.1 Å². The molecule has 33 heteroatoms. The number of benzene rings is 10. The van der Waals surface area contributed by atoms with Crippen molar-refractivity contribution in [1.82, 2.24) is 0 Å². The summed E-state index contributed by atoms with van der Waals surface area (Å²) in [6, 6.07) is 47.4. The molecule has 0 aromatic heterocycles. The SMILES string of the molecule is COc1ccc([S+](c2cc(F)cc(F)c2)c2cc(F)cc(F)c2)cc1.Cc1c(F)cc([S+](c2ccccc2)c2cc(F)c(C)c(F)c2)cc1F.Fc1cc(F)cc([S+](c2ccccc2)c2cc(F)cc(F)c2)c1.O=C(CS(=O)(=O)[O-])OC1C2CC3COC1C3C2.O=C(CS(=O)(=O)[O-])OC1C2CC3COC1C3C2.O=C(O)c1ccccc1[O-]. The molecule has 16 nitrogen and oxygen atoms in total. The highest BCUT2D eigenvalue weighted by atomic mass is 32.2. The predicted molar refractivity (Wildman–Crippen MR) is 401 cm³/mol. The van der Waals surface area contributed by atoms with Gasteiger partial charge in [0, 0.05) is 108 Å². The van der Waals surface area contributed by atoms with Gasteiger partial charge in [0.15, 0.2) is 44.1 Å². The summed E-state index contributed by atoms with van der Waals surface area (Å²) in [5.41, 5.74) is -0.342.